The number of aromatic nitrogens is 3. The lowest BCUT2D eigenvalue weighted by molar-refractivity contribution is 1.06. The van der Waals surface area contributed by atoms with Gasteiger partial charge in [0.25, 0.3) is 0 Å². The first-order valence-electron chi connectivity index (χ1n) is 19.2. The van der Waals surface area contributed by atoms with Crippen LogP contribution in [0, 0.1) is 0 Å². The molecule has 0 aliphatic carbocycles. The molecule has 2 N–H and O–H groups in total. The number of aliphatic imine (C=N–C) groups is 2. The van der Waals surface area contributed by atoms with E-state index in [1.54, 1.807) is 0 Å². The maximum absolute atomic E-state index is 6.44. The fourth-order valence-corrected chi connectivity index (χ4v) is 6.96. The summed E-state index contributed by atoms with van der Waals surface area (Å²) in [7, 11) is 0. The quantitative estimate of drug-likeness (QED) is 0.118. The van der Waals surface area contributed by atoms with Crippen molar-refractivity contribution in [3.63, 3.8) is 0 Å². The maximum Gasteiger partial charge on any atom is 0.164 e. The zero-order valence-corrected chi connectivity index (χ0v) is 31.7. The first-order valence-corrected chi connectivity index (χ1v) is 19.2. The molecule has 58 heavy (non-hydrogen) atoms. The van der Waals surface area contributed by atoms with Gasteiger partial charge in [0.05, 0.1) is 6.54 Å². The van der Waals surface area contributed by atoms with E-state index in [2.05, 4.69) is 84.9 Å². The average Bonchev–Trinajstić information content (AvgIpc) is 3.31. The fraction of sp³-hybridized carbons (Fsp3) is 0.0192. The Balaban J connectivity index is 1.02. The molecule has 0 bridgehead atoms. The van der Waals surface area contributed by atoms with Crippen LogP contribution in [0.1, 0.15) is 16.7 Å². The predicted octanol–water partition coefficient (Wildman–Crippen LogP) is 11.7. The highest BCUT2D eigenvalue weighted by Gasteiger charge is 2.13. The number of nitrogens with zero attached hydrogens (tertiary/aromatic N) is 5. The molecule has 0 radical (unpaired) electrons. The van der Waals surface area contributed by atoms with Crippen molar-refractivity contribution in [2.24, 2.45) is 15.7 Å². The normalized spacial score (nSPS) is 11.8. The Hall–Kier alpha value is -7.83. The Morgan fingerprint density at radius 1 is 0.379 bits per heavy atom. The predicted molar refractivity (Wildman–Crippen MR) is 238 cm³/mol. The molecule has 6 heteroatoms. The average molecular weight is 747 g/mol. The van der Waals surface area contributed by atoms with E-state index in [4.69, 9.17) is 30.7 Å². The molecule has 0 atom stereocenters. The van der Waals surface area contributed by atoms with Gasteiger partial charge in [0, 0.05) is 27.8 Å². The van der Waals surface area contributed by atoms with Crippen molar-refractivity contribution in [2.75, 3.05) is 0 Å². The highest BCUT2D eigenvalue weighted by molar-refractivity contribution is 6.11. The largest absolute Gasteiger partial charge is 0.383 e. The van der Waals surface area contributed by atoms with E-state index in [1.807, 2.05) is 121 Å². The minimum atomic E-state index is 0.430. The number of fused-ring (bicyclic) bond motifs is 1. The molecule has 1 aromatic heterocycles. The van der Waals surface area contributed by atoms with E-state index >= 15 is 0 Å². The smallest absolute Gasteiger partial charge is 0.164 e. The van der Waals surface area contributed by atoms with Gasteiger partial charge in [0.15, 0.2) is 23.3 Å². The van der Waals surface area contributed by atoms with Gasteiger partial charge in [-0.1, -0.05) is 182 Å². The zero-order chi connectivity index (χ0) is 39.1. The first kappa shape index (κ1) is 35.8. The van der Waals surface area contributed by atoms with E-state index in [9.17, 15) is 0 Å². The van der Waals surface area contributed by atoms with Gasteiger partial charge in [-0.05, 0) is 62.9 Å². The van der Waals surface area contributed by atoms with Gasteiger partial charge in [0.1, 0.15) is 5.84 Å². The highest BCUT2D eigenvalue weighted by Crippen LogP contribution is 2.32. The van der Waals surface area contributed by atoms with Gasteiger partial charge in [-0.3, -0.25) is 4.99 Å². The molecule has 1 heterocycles. The van der Waals surface area contributed by atoms with Crippen LogP contribution in [0.4, 0.5) is 0 Å². The van der Waals surface area contributed by atoms with Crippen LogP contribution in [0.3, 0.4) is 0 Å². The molecule has 0 aliphatic rings. The lowest BCUT2D eigenvalue weighted by Gasteiger charge is -2.11. The van der Waals surface area contributed by atoms with Gasteiger partial charge >= 0.3 is 0 Å². The number of amidine groups is 2. The molecule has 0 saturated heterocycles. The Morgan fingerprint density at radius 3 is 1.41 bits per heavy atom. The van der Waals surface area contributed by atoms with Crippen molar-refractivity contribution >= 4 is 22.4 Å². The minimum Gasteiger partial charge on any atom is -0.383 e. The van der Waals surface area contributed by atoms with Crippen molar-refractivity contribution in [3.05, 3.63) is 223 Å². The Kier molecular flexibility index (Phi) is 10.2. The number of hydrogen-bond acceptors (Lipinski definition) is 4. The van der Waals surface area contributed by atoms with Crippen LogP contribution >= 0.6 is 0 Å². The van der Waals surface area contributed by atoms with E-state index in [-0.39, 0.29) is 0 Å². The van der Waals surface area contributed by atoms with Crippen LogP contribution in [-0.2, 0) is 6.54 Å². The Labute approximate surface area is 337 Å². The second kappa shape index (κ2) is 16.5. The number of nitrogens with two attached hydrogens (primary N) is 1. The van der Waals surface area contributed by atoms with Crippen LogP contribution in [0.2, 0.25) is 0 Å². The molecule has 276 valence electrons. The lowest BCUT2D eigenvalue weighted by atomic mass is 9.96. The third kappa shape index (κ3) is 8.08. The van der Waals surface area contributed by atoms with Crippen LogP contribution in [0.5, 0.6) is 0 Å². The van der Waals surface area contributed by atoms with Crippen molar-refractivity contribution in [1.82, 2.24) is 15.0 Å². The van der Waals surface area contributed by atoms with Crippen LogP contribution in [0.25, 0.3) is 67.2 Å². The van der Waals surface area contributed by atoms with E-state index in [0.717, 1.165) is 61.0 Å². The zero-order valence-electron chi connectivity index (χ0n) is 31.7. The summed E-state index contributed by atoms with van der Waals surface area (Å²) in [5.74, 6) is 2.94. The molecule has 0 amide bonds. The van der Waals surface area contributed by atoms with Crippen molar-refractivity contribution in [1.29, 1.82) is 0 Å². The van der Waals surface area contributed by atoms with Crippen molar-refractivity contribution in [3.8, 4) is 56.4 Å². The summed E-state index contributed by atoms with van der Waals surface area (Å²) in [6.45, 7) is 0.457. The van der Waals surface area contributed by atoms with E-state index in [0.29, 0.717) is 35.7 Å². The molecular formula is C52H38N6. The summed E-state index contributed by atoms with van der Waals surface area (Å²) in [6.07, 6.45) is 0. The second-order valence-electron chi connectivity index (χ2n) is 14.0. The summed E-state index contributed by atoms with van der Waals surface area (Å²) >= 11 is 0. The third-order valence-electron chi connectivity index (χ3n) is 9.99. The topological polar surface area (TPSA) is 89.4 Å². The standard InChI is InChI=1S/C52H38N6/c53-48(38-16-5-1-6-17-38)55-49(39-18-7-2-8-19-39)54-35-36-15-13-24-42(31-36)44-29-27-37-28-30-45(34-47(37)33-44)43-25-14-26-46(32-43)52-57-50(40-20-9-3-10-21-40)56-51(58-52)41-22-11-4-12-23-41/h1-34H,35H2,(H2,53,54,55). The molecule has 9 rings (SSSR count). The molecule has 0 fully saturated rings. The SMILES string of the molecule is N/C(=N\C(=N/Cc1cccc(-c2ccc3ccc(-c4cccc(-c5nc(-c6ccccc6)nc(-c6ccccc6)n5)c4)cc3c2)c1)c1ccccc1)c1ccccc1. The first-order chi connectivity index (χ1) is 28.6. The molecule has 6 nitrogen and oxygen atoms in total. The molecule has 8 aromatic carbocycles. The summed E-state index contributed by atoms with van der Waals surface area (Å²) in [4.78, 5) is 24.5. The van der Waals surface area contributed by atoms with E-state index in [1.165, 1.54) is 5.39 Å². The summed E-state index contributed by atoms with van der Waals surface area (Å²) in [5, 5.41) is 2.32. The third-order valence-corrected chi connectivity index (χ3v) is 9.99. The monoisotopic (exact) mass is 746 g/mol. The Morgan fingerprint density at radius 2 is 0.828 bits per heavy atom. The summed E-state index contributed by atoms with van der Waals surface area (Å²) < 4.78 is 0. The van der Waals surface area contributed by atoms with Crippen molar-refractivity contribution < 1.29 is 0 Å². The minimum absolute atomic E-state index is 0.430. The molecule has 0 spiro atoms. The second-order valence-corrected chi connectivity index (χ2v) is 14.0. The van der Waals surface area contributed by atoms with Crippen LogP contribution < -0.4 is 5.73 Å². The summed E-state index contributed by atoms with van der Waals surface area (Å²) in [6, 6.07) is 70.1. The van der Waals surface area contributed by atoms with Gasteiger partial charge in [-0.15, -0.1) is 0 Å². The molecule has 9 aromatic rings. The molecule has 0 aliphatic heterocycles. The number of rotatable bonds is 9. The van der Waals surface area contributed by atoms with Gasteiger partial charge in [-0.25, -0.2) is 19.9 Å². The molecule has 0 saturated carbocycles. The highest BCUT2D eigenvalue weighted by atomic mass is 15.0. The molecular weight excluding hydrogens is 709 g/mol. The van der Waals surface area contributed by atoms with Gasteiger partial charge < -0.3 is 5.73 Å². The number of hydrogen-bond donors (Lipinski definition) is 1. The van der Waals surface area contributed by atoms with Crippen molar-refractivity contribution in [2.45, 2.75) is 6.54 Å². The number of benzene rings is 8. The van der Waals surface area contributed by atoms with E-state index < -0.39 is 0 Å². The Bertz CT molecular complexity index is 2850. The van der Waals surface area contributed by atoms with Crippen LogP contribution in [0.15, 0.2) is 216 Å². The van der Waals surface area contributed by atoms with Gasteiger partial charge in [-0.2, -0.15) is 0 Å². The van der Waals surface area contributed by atoms with Gasteiger partial charge in [0.2, 0.25) is 0 Å². The fourth-order valence-electron chi connectivity index (χ4n) is 6.96. The summed E-state index contributed by atoms with van der Waals surface area (Å²) in [5.41, 5.74) is 16.5. The lowest BCUT2D eigenvalue weighted by Crippen LogP contribution is -2.16. The molecule has 0 unspecified atom stereocenters. The maximum atomic E-state index is 6.44. The van der Waals surface area contributed by atoms with Crippen LogP contribution in [-0.4, -0.2) is 26.6 Å².